The first-order chi connectivity index (χ1) is 9.69. The molecule has 0 aromatic carbocycles. The average molecular weight is 290 g/mol. The number of pyridine rings is 1. The van der Waals surface area contributed by atoms with Crippen LogP contribution in [-0.4, -0.2) is 28.4 Å². The van der Waals surface area contributed by atoms with Crippen LogP contribution in [0.15, 0.2) is 30.6 Å². The Labute approximate surface area is 122 Å². The minimum absolute atomic E-state index is 0.00386. The van der Waals surface area contributed by atoms with Crippen molar-refractivity contribution < 1.29 is 4.79 Å². The van der Waals surface area contributed by atoms with E-state index in [1.165, 1.54) is 12.8 Å². The molecule has 2 fully saturated rings. The van der Waals surface area contributed by atoms with Crippen LogP contribution in [0.2, 0.25) is 5.02 Å². The Morgan fingerprint density at radius 2 is 2.30 bits per heavy atom. The maximum absolute atomic E-state index is 12.3. The topological polar surface area (TPSA) is 45.5 Å². The quantitative estimate of drug-likeness (QED) is 0.890. The van der Waals surface area contributed by atoms with Crippen molar-refractivity contribution in [2.75, 3.05) is 0 Å². The fourth-order valence-corrected chi connectivity index (χ4v) is 3.67. The molecule has 0 unspecified atom stereocenters. The summed E-state index contributed by atoms with van der Waals surface area (Å²) in [6.07, 6.45) is 7.16. The molecule has 4 heterocycles. The summed E-state index contributed by atoms with van der Waals surface area (Å²) in [6.45, 7) is 0. The molecule has 5 heteroatoms. The van der Waals surface area contributed by atoms with Crippen LogP contribution in [-0.2, 0) is 0 Å². The van der Waals surface area contributed by atoms with E-state index >= 15 is 0 Å². The van der Waals surface area contributed by atoms with Crippen molar-refractivity contribution in [1.29, 1.82) is 0 Å². The Balaban J connectivity index is 1.54. The lowest BCUT2D eigenvalue weighted by Gasteiger charge is -2.21. The molecule has 20 heavy (non-hydrogen) atoms. The number of rotatable bonds is 2. The molecule has 2 aliphatic heterocycles. The van der Waals surface area contributed by atoms with Gasteiger partial charge in [-0.25, -0.2) is 0 Å². The van der Waals surface area contributed by atoms with Crippen LogP contribution >= 0.6 is 11.6 Å². The molecule has 2 N–H and O–H groups in total. The van der Waals surface area contributed by atoms with E-state index in [1.54, 1.807) is 0 Å². The maximum Gasteiger partial charge on any atom is 0.251 e. The number of hydrogen-bond donors (Lipinski definition) is 2. The number of fused-ring (bicyclic) bond motifs is 3. The zero-order valence-corrected chi connectivity index (χ0v) is 11.7. The van der Waals surface area contributed by atoms with Crippen molar-refractivity contribution in [3.8, 4) is 0 Å². The van der Waals surface area contributed by atoms with Gasteiger partial charge in [0.2, 0.25) is 0 Å². The van der Waals surface area contributed by atoms with Crippen molar-refractivity contribution >= 4 is 23.0 Å². The van der Waals surface area contributed by atoms with Gasteiger partial charge in [-0.15, -0.1) is 0 Å². The SMILES string of the molecule is O=C(N[C@@H]1C[C@H]2CC[C@@H]1N2)c1ccn2cc(Cl)cc2c1. The first-order valence-corrected chi connectivity index (χ1v) is 7.41. The number of aromatic nitrogens is 1. The van der Waals surface area contributed by atoms with Gasteiger partial charge in [0.1, 0.15) is 0 Å². The highest BCUT2D eigenvalue weighted by molar-refractivity contribution is 6.31. The summed E-state index contributed by atoms with van der Waals surface area (Å²) in [7, 11) is 0. The Kier molecular flexibility index (Phi) is 2.75. The van der Waals surface area contributed by atoms with Gasteiger partial charge in [-0.3, -0.25) is 4.79 Å². The zero-order chi connectivity index (χ0) is 13.7. The van der Waals surface area contributed by atoms with Crippen LogP contribution in [0, 0.1) is 0 Å². The molecule has 2 aliphatic rings. The predicted molar refractivity (Wildman–Crippen MR) is 78.2 cm³/mol. The third kappa shape index (κ3) is 2.00. The Hall–Kier alpha value is -1.52. The minimum Gasteiger partial charge on any atom is -0.348 e. The minimum atomic E-state index is 0.00386. The monoisotopic (exact) mass is 289 g/mol. The molecular weight excluding hydrogens is 274 g/mol. The largest absolute Gasteiger partial charge is 0.348 e. The lowest BCUT2D eigenvalue weighted by atomic mass is 9.95. The molecule has 0 saturated carbocycles. The van der Waals surface area contributed by atoms with Gasteiger partial charge in [-0.1, -0.05) is 11.6 Å². The first kappa shape index (κ1) is 12.2. The average Bonchev–Trinajstić information content (AvgIpc) is 3.10. The normalized spacial score (nSPS) is 28.1. The molecule has 104 valence electrons. The van der Waals surface area contributed by atoms with E-state index in [-0.39, 0.29) is 11.9 Å². The van der Waals surface area contributed by atoms with Crippen LogP contribution in [0.5, 0.6) is 0 Å². The predicted octanol–water partition coefficient (Wildman–Crippen LogP) is 2.22. The van der Waals surface area contributed by atoms with Crippen LogP contribution < -0.4 is 10.6 Å². The molecule has 0 radical (unpaired) electrons. The third-order valence-electron chi connectivity index (χ3n) is 4.44. The van der Waals surface area contributed by atoms with E-state index in [4.69, 9.17) is 11.6 Å². The van der Waals surface area contributed by atoms with Gasteiger partial charge in [0, 0.05) is 41.6 Å². The Morgan fingerprint density at radius 3 is 3.05 bits per heavy atom. The van der Waals surface area contributed by atoms with Gasteiger partial charge in [-0.05, 0) is 37.5 Å². The first-order valence-electron chi connectivity index (χ1n) is 7.03. The molecule has 0 aliphatic carbocycles. The number of nitrogens with one attached hydrogen (secondary N) is 2. The third-order valence-corrected chi connectivity index (χ3v) is 4.65. The summed E-state index contributed by atoms with van der Waals surface area (Å²) >= 11 is 5.97. The van der Waals surface area contributed by atoms with Crippen molar-refractivity contribution in [1.82, 2.24) is 15.0 Å². The zero-order valence-electron chi connectivity index (χ0n) is 11.0. The number of carbonyl (C=O) groups is 1. The lowest BCUT2D eigenvalue weighted by Crippen LogP contribution is -2.42. The van der Waals surface area contributed by atoms with Gasteiger partial charge < -0.3 is 15.0 Å². The lowest BCUT2D eigenvalue weighted by molar-refractivity contribution is 0.0931. The molecule has 2 saturated heterocycles. The highest BCUT2D eigenvalue weighted by Gasteiger charge is 2.39. The van der Waals surface area contributed by atoms with E-state index in [2.05, 4.69) is 10.6 Å². The van der Waals surface area contributed by atoms with Gasteiger partial charge >= 0.3 is 0 Å². The molecular formula is C15H16ClN3O. The van der Waals surface area contributed by atoms with Gasteiger partial charge in [0.05, 0.1) is 5.02 Å². The van der Waals surface area contributed by atoms with E-state index in [1.807, 2.05) is 35.0 Å². The van der Waals surface area contributed by atoms with Crippen LogP contribution in [0.1, 0.15) is 29.6 Å². The summed E-state index contributed by atoms with van der Waals surface area (Å²) in [5, 5.41) is 7.37. The summed E-state index contributed by atoms with van der Waals surface area (Å²) in [6, 6.07) is 6.89. The van der Waals surface area contributed by atoms with Crippen molar-refractivity contribution in [3.05, 3.63) is 41.2 Å². The van der Waals surface area contributed by atoms with Crippen LogP contribution in [0.25, 0.3) is 5.52 Å². The van der Waals surface area contributed by atoms with Crippen molar-refractivity contribution in [2.24, 2.45) is 0 Å². The van der Waals surface area contributed by atoms with E-state index in [9.17, 15) is 4.79 Å². The number of carbonyl (C=O) groups excluding carboxylic acids is 1. The fraction of sp³-hybridized carbons (Fsp3) is 0.400. The van der Waals surface area contributed by atoms with Crippen molar-refractivity contribution in [3.63, 3.8) is 0 Å². The second-order valence-corrected chi connectivity index (χ2v) is 6.21. The summed E-state index contributed by atoms with van der Waals surface area (Å²) in [5.74, 6) is 0.00386. The molecule has 2 aromatic rings. The summed E-state index contributed by atoms with van der Waals surface area (Å²) < 4.78 is 1.91. The highest BCUT2D eigenvalue weighted by Crippen LogP contribution is 2.28. The molecule has 4 nitrogen and oxygen atoms in total. The molecule has 3 atom stereocenters. The number of amides is 1. The van der Waals surface area contributed by atoms with Crippen LogP contribution in [0.3, 0.4) is 0 Å². The second-order valence-electron chi connectivity index (χ2n) is 5.77. The summed E-state index contributed by atoms with van der Waals surface area (Å²) in [5.41, 5.74) is 1.63. The molecule has 2 bridgehead atoms. The molecule has 4 rings (SSSR count). The number of hydrogen-bond acceptors (Lipinski definition) is 2. The Morgan fingerprint density at radius 1 is 1.40 bits per heavy atom. The van der Waals surface area contributed by atoms with Crippen LogP contribution in [0.4, 0.5) is 0 Å². The van der Waals surface area contributed by atoms with Gasteiger partial charge in [0.25, 0.3) is 5.91 Å². The van der Waals surface area contributed by atoms with E-state index < -0.39 is 0 Å². The summed E-state index contributed by atoms with van der Waals surface area (Å²) in [4.78, 5) is 12.3. The van der Waals surface area contributed by atoms with Gasteiger partial charge in [-0.2, -0.15) is 0 Å². The van der Waals surface area contributed by atoms with E-state index in [0.717, 1.165) is 11.9 Å². The molecule has 0 spiro atoms. The number of halogens is 1. The second kappa shape index (κ2) is 4.50. The smallest absolute Gasteiger partial charge is 0.251 e. The standard InChI is InChI=1S/C15H16ClN3O/c16-10-6-12-5-9(3-4-19(12)8-10)15(20)18-14-7-11-1-2-13(14)17-11/h3-6,8,11,13-14,17H,1-2,7H2,(H,18,20)/t11-,13+,14-/m1/s1. The molecule has 1 amide bonds. The molecule has 2 aromatic heterocycles. The highest BCUT2D eigenvalue weighted by atomic mass is 35.5. The Bertz CT molecular complexity index is 681. The fourth-order valence-electron chi connectivity index (χ4n) is 3.45. The van der Waals surface area contributed by atoms with Gasteiger partial charge in [0.15, 0.2) is 0 Å². The van der Waals surface area contributed by atoms with E-state index in [0.29, 0.717) is 22.7 Å². The maximum atomic E-state index is 12.3. The number of nitrogens with zero attached hydrogens (tertiary/aromatic N) is 1. The van der Waals surface area contributed by atoms with Crippen molar-refractivity contribution in [2.45, 2.75) is 37.4 Å².